The Morgan fingerprint density at radius 1 is 1.38 bits per heavy atom. The lowest BCUT2D eigenvalue weighted by Crippen LogP contribution is -2.57. The summed E-state index contributed by atoms with van der Waals surface area (Å²) in [4.78, 5) is 13.8. The lowest BCUT2D eigenvalue weighted by Gasteiger charge is -2.47. The molecule has 1 aliphatic carbocycles. The van der Waals surface area contributed by atoms with E-state index in [9.17, 15) is 4.79 Å². The molecule has 2 N–H and O–H groups in total. The second-order valence-electron chi connectivity index (χ2n) is 5.28. The number of hydrogen-bond acceptors (Lipinski definition) is 3. The molecule has 1 saturated carbocycles. The van der Waals surface area contributed by atoms with E-state index in [1.807, 2.05) is 13.8 Å². The number of carbonyl (C=O) groups excluding carboxylic acids is 1. The number of carbonyl (C=O) groups is 1. The fourth-order valence-corrected chi connectivity index (χ4v) is 1.99. The average Bonchev–Trinajstić information content (AvgIpc) is 2.12. The predicted octanol–water partition coefficient (Wildman–Crippen LogP) is 0.585. The maximum atomic E-state index is 11.6. The van der Waals surface area contributed by atoms with Gasteiger partial charge in [-0.2, -0.15) is 0 Å². The van der Waals surface area contributed by atoms with Gasteiger partial charge in [-0.05, 0) is 33.4 Å². The molecule has 0 radical (unpaired) electrons. The smallest absolute Gasteiger partial charge is 0.234 e. The van der Waals surface area contributed by atoms with Crippen molar-refractivity contribution in [2.24, 2.45) is 0 Å². The third kappa shape index (κ3) is 3.46. The Morgan fingerprint density at radius 2 is 2.00 bits per heavy atom. The van der Waals surface area contributed by atoms with E-state index in [1.165, 1.54) is 19.3 Å². The number of rotatable bonds is 6. The molecule has 1 rings (SSSR count). The SMILES string of the molecule is CC(C)NCC(=O)NCC1(N(C)C)CCC1. The van der Waals surface area contributed by atoms with E-state index in [2.05, 4.69) is 29.6 Å². The summed E-state index contributed by atoms with van der Waals surface area (Å²) in [5.74, 6) is 0.0989. The minimum absolute atomic E-state index is 0.0989. The number of likely N-dealkylation sites (N-methyl/N-ethyl adjacent to an activating group) is 1. The number of nitrogens with zero attached hydrogens (tertiary/aromatic N) is 1. The third-order valence-corrected chi connectivity index (χ3v) is 3.52. The van der Waals surface area contributed by atoms with Gasteiger partial charge in [0.15, 0.2) is 0 Å². The van der Waals surface area contributed by atoms with Crippen LogP contribution in [0.15, 0.2) is 0 Å². The molecule has 0 bridgehead atoms. The standard InChI is InChI=1S/C12H25N3O/c1-10(2)13-8-11(16)14-9-12(15(3)4)6-5-7-12/h10,13H,5-9H2,1-4H3,(H,14,16). The van der Waals surface area contributed by atoms with Crippen molar-refractivity contribution in [3.63, 3.8) is 0 Å². The largest absolute Gasteiger partial charge is 0.353 e. The quantitative estimate of drug-likeness (QED) is 0.698. The predicted molar refractivity (Wildman–Crippen MR) is 66.4 cm³/mol. The summed E-state index contributed by atoms with van der Waals surface area (Å²) in [6.07, 6.45) is 3.66. The Hall–Kier alpha value is -0.610. The van der Waals surface area contributed by atoms with Crippen LogP contribution < -0.4 is 10.6 Å². The van der Waals surface area contributed by atoms with Crippen LogP contribution in [0, 0.1) is 0 Å². The molecule has 0 saturated heterocycles. The molecule has 1 fully saturated rings. The van der Waals surface area contributed by atoms with Gasteiger partial charge in [0.1, 0.15) is 0 Å². The number of amides is 1. The molecule has 0 aliphatic heterocycles. The van der Waals surface area contributed by atoms with E-state index in [4.69, 9.17) is 0 Å². The van der Waals surface area contributed by atoms with Crippen molar-refractivity contribution in [3.8, 4) is 0 Å². The van der Waals surface area contributed by atoms with Crippen molar-refractivity contribution < 1.29 is 4.79 Å². The van der Waals surface area contributed by atoms with Gasteiger partial charge < -0.3 is 15.5 Å². The lowest BCUT2D eigenvalue weighted by molar-refractivity contribution is -0.121. The van der Waals surface area contributed by atoms with Gasteiger partial charge in [-0.25, -0.2) is 0 Å². The molecule has 94 valence electrons. The van der Waals surface area contributed by atoms with Crippen LogP contribution in [0.3, 0.4) is 0 Å². The summed E-state index contributed by atoms with van der Waals surface area (Å²) in [6, 6.07) is 0.359. The van der Waals surface area contributed by atoms with Gasteiger partial charge in [-0.1, -0.05) is 13.8 Å². The van der Waals surface area contributed by atoms with Crippen molar-refractivity contribution in [1.82, 2.24) is 15.5 Å². The molecular weight excluding hydrogens is 202 g/mol. The van der Waals surface area contributed by atoms with Crippen molar-refractivity contribution in [3.05, 3.63) is 0 Å². The van der Waals surface area contributed by atoms with E-state index >= 15 is 0 Å². The summed E-state index contributed by atoms with van der Waals surface area (Å²) in [6.45, 7) is 5.28. The highest BCUT2D eigenvalue weighted by Crippen LogP contribution is 2.35. The molecule has 16 heavy (non-hydrogen) atoms. The fraction of sp³-hybridized carbons (Fsp3) is 0.917. The van der Waals surface area contributed by atoms with Gasteiger partial charge in [0.05, 0.1) is 6.54 Å². The molecular formula is C12H25N3O. The molecule has 1 amide bonds. The molecule has 0 heterocycles. The minimum atomic E-state index is 0.0989. The van der Waals surface area contributed by atoms with Gasteiger partial charge in [-0.3, -0.25) is 4.79 Å². The molecule has 0 aromatic heterocycles. The van der Waals surface area contributed by atoms with Gasteiger partial charge in [0.2, 0.25) is 5.91 Å². The van der Waals surface area contributed by atoms with E-state index < -0.39 is 0 Å². The maximum Gasteiger partial charge on any atom is 0.234 e. The summed E-state index contributed by atoms with van der Waals surface area (Å²) in [5.41, 5.74) is 0.216. The molecule has 0 aromatic carbocycles. The third-order valence-electron chi connectivity index (χ3n) is 3.52. The van der Waals surface area contributed by atoms with Crippen molar-refractivity contribution in [1.29, 1.82) is 0 Å². The zero-order valence-electron chi connectivity index (χ0n) is 11.0. The summed E-state index contributed by atoms with van der Waals surface area (Å²) in [7, 11) is 4.19. The van der Waals surface area contributed by atoms with Crippen LogP contribution in [-0.4, -0.2) is 49.6 Å². The van der Waals surface area contributed by atoms with E-state index in [0.29, 0.717) is 12.6 Å². The highest BCUT2D eigenvalue weighted by atomic mass is 16.1. The number of hydrogen-bond donors (Lipinski definition) is 2. The first-order chi connectivity index (χ1) is 7.46. The highest BCUT2D eigenvalue weighted by molar-refractivity contribution is 5.78. The first-order valence-corrected chi connectivity index (χ1v) is 6.14. The van der Waals surface area contributed by atoms with Crippen LogP contribution in [0.5, 0.6) is 0 Å². The molecule has 0 atom stereocenters. The second-order valence-corrected chi connectivity index (χ2v) is 5.28. The Balaban J connectivity index is 2.25. The van der Waals surface area contributed by atoms with Crippen molar-refractivity contribution >= 4 is 5.91 Å². The molecule has 0 aromatic rings. The Morgan fingerprint density at radius 3 is 2.38 bits per heavy atom. The molecule has 0 unspecified atom stereocenters. The Labute approximate surface area is 98.8 Å². The van der Waals surface area contributed by atoms with E-state index in [1.54, 1.807) is 0 Å². The minimum Gasteiger partial charge on any atom is -0.353 e. The van der Waals surface area contributed by atoms with Crippen molar-refractivity contribution in [2.75, 3.05) is 27.2 Å². The van der Waals surface area contributed by atoms with E-state index in [-0.39, 0.29) is 11.4 Å². The van der Waals surface area contributed by atoms with Gasteiger partial charge in [0, 0.05) is 18.1 Å². The zero-order chi connectivity index (χ0) is 12.2. The first-order valence-electron chi connectivity index (χ1n) is 6.14. The highest BCUT2D eigenvalue weighted by Gasteiger charge is 2.38. The molecule has 0 spiro atoms. The maximum absolute atomic E-state index is 11.6. The summed E-state index contributed by atoms with van der Waals surface area (Å²) >= 11 is 0. The topological polar surface area (TPSA) is 44.4 Å². The molecule has 1 aliphatic rings. The van der Waals surface area contributed by atoms with Crippen LogP contribution in [0.1, 0.15) is 33.1 Å². The monoisotopic (exact) mass is 227 g/mol. The number of nitrogens with one attached hydrogen (secondary N) is 2. The zero-order valence-corrected chi connectivity index (χ0v) is 11.0. The van der Waals surface area contributed by atoms with Crippen molar-refractivity contribution in [2.45, 2.75) is 44.7 Å². The van der Waals surface area contributed by atoms with Crippen LogP contribution in [0.2, 0.25) is 0 Å². The second kappa shape index (κ2) is 5.64. The Kier molecular flexibility index (Phi) is 4.74. The summed E-state index contributed by atoms with van der Waals surface area (Å²) < 4.78 is 0. The van der Waals surface area contributed by atoms with Gasteiger partial charge in [0.25, 0.3) is 0 Å². The molecule has 4 heteroatoms. The van der Waals surface area contributed by atoms with Crippen LogP contribution in [-0.2, 0) is 4.79 Å². The lowest BCUT2D eigenvalue weighted by atomic mass is 9.75. The molecule has 4 nitrogen and oxygen atoms in total. The normalized spacial score (nSPS) is 18.6. The first kappa shape index (κ1) is 13.5. The average molecular weight is 227 g/mol. The van der Waals surface area contributed by atoms with Crippen LogP contribution >= 0.6 is 0 Å². The fourth-order valence-electron chi connectivity index (χ4n) is 1.99. The van der Waals surface area contributed by atoms with Crippen LogP contribution in [0.4, 0.5) is 0 Å². The summed E-state index contributed by atoms with van der Waals surface area (Å²) in [5, 5.41) is 6.14. The Bertz CT molecular complexity index is 234. The van der Waals surface area contributed by atoms with Gasteiger partial charge in [-0.15, -0.1) is 0 Å². The van der Waals surface area contributed by atoms with Crippen LogP contribution in [0.25, 0.3) is 0 Å². The van der Waals surface area contributed by atoms with Gasteiger partial charge >= 0.3 is 0 Å². The van der Waals surface area contributed by atoms with E-state index in [0.717, 1.165) is 6.54 Å².